The second kappa shape index (κ2) is 7.81. The number of ether oxygens (including phenoxy) is 1. The second-order valence-corrected chi connectivity index (χ2v) is 7.86. The largest absolute Gasteiger partial charge is 0.491 e. The summed E-state index contributed by atoms with van der Waals surface area (Å²) in [6, 6.07) is 11.7. The molecule has 9 heteroatoms. The number of carbonyl (C=O) groups is 1. The van der Waals surface area contributed by atoms with Crippen molar-refractivity contribution in [2.45, 2.75) is 24.7 Å². The molecule has 1 aromatic heterocycles. The standard InChI is InChI=1S/C23H19F3N4O2/c24-23(25,26)16-5-2-14(3-6-16)15-4-7-20-19(10-15)21(31)30-12-17(11-18(30)13-32-20)29-22-27-8-1-9-28-22/h1-10,17-18H,11-13H2,(H,27,28,29). The van der Waals surface area contributed by atoms with Gasteiger partial charge < -0.3 is 15.0 Å². The topological polar surface area (TPSA) is 67.3 Å². The molecule has 2 unspecified atom stereocenters. The van der Waals surface area contributed by atoms with E-state index in [0.29, 0.717) is 48.0 Å². The number of nitrogens with one attached hydrogen (secondary N) is 1. The summed E-state index contributed by atoms with van der Waals surface area (Å²) in [6.07, 6.45) is -0.397. The maximum atomic E-state index is 13.3. The van der Waals surface area contributed by atoms with Gasteiger partial charge in [0.05, 0.1) is 17.2 Å². The van der Waals surface area contributed by atoms with Gasteiger partial charge in [0.15, 0.2) is 0 Å². The molecule has 3 heterocycles. The zero-order valence-electron chi connectivity index (χ0n) is 16.8. The van der Waals surface area contributed by atoms with Crippen LogP contribution < -0.4 is 10.1 Å². The van der Waals surface area contributed by atoms with Crippen molar-refractivity contribution >= 4 is 11.9 Å². The van der Waals surface area contributed by atoms with E-state index >= 15 is 0 Å². The van der Waals surface area contributed by atoms with E-state index in [9.17, 15) is 18.0 Å². The van der Waals surface area contributed by atoms with Gasteiger partial charge in [-0.3, -0.25) is 4.79 Å². The maximum absolute atomic E-state index is 13.3. The SMILES string of the molecule is O=C1c2cc(-c3ccc(C(F)(F)F)cc3)ccc2OCC2CC(Nc3ncccn3)CN12. The molecular weight excluding hydrogens is 421 g/mol. The van der Waals surface area contributed by atoms with E-state index in [1.165, 1.54) is 12.1 Å². The predicted molar refractivity (Wildman–Crippen MR) is 111 cm³/mol. The van der Waals surface area contributed by atoms with Crippen LogP contribution in [-0.4, -0.2) is 46.0 Å². The molecule has 6 nitrogen and oxygen atoms in total. The van der Waals surface area contributed by atoms with Crippen LogP contribution in [0.15, 0.2) is 60.9 Å². The van der Waals surface area contributed by atoms with Crippen molar-refractivity contribution in [2.24, 2.45) is 0 Å². The molecule has 0 saturated carbocycles. The summed E-state index contributed by atoms with van der Waals surface area (Å²) in [5.41, 5.74) is 0.939. The number of rotatable bonds is 3. The quantitative estimate of drug-likeness (QED) is 0.660. The summed E-state index contributed by atoms with van der Waals surface area (Å²) in [7, 11) is 0. The smallest absolute Gasteiger partial charge is 0.416 e. The third-order valence-corrected chi connectivity index (χ3v) is 5.76. The molecular formula is C23H19F3N4O2. The Morgan fingerprint density at radius 3 is 2.47 bits per heavy atom. The Hall–Kier alpha value is -3.62. The summed E-state index contributed by atoms with van der Waals surface area (Å²) in [5, 5.41) is 3.25. The fourth-order valence-corrected chi connectivity index (χ4v) is 4.18. The van der Waals surface area contributed by atoms with E-state index in [4.69, 9.17) is 4.74 Å². The van der Waals surface area contributed by atoms with Crippen molar-refractivity contribution in [1.29, 1.82) is 0 Å². The highest BCUT2D eigenvalue weighted by Gasteiger charge is 2.39. The molecule has 5 rings (SSSR count). The number of hydrogen-bond donors (Lipinski definition) is 1. The van der Waals surface area contributed by atoms with E-state index in [1.54, 1.807) is 41.6 Å². The molecule has 32 heavy (non-hydrogen) atoms. The first-order chi connectivity index (χ1) is 15.4. The molecule has 1 amide bonds. The summed E-state index contributed by atoms with van der Waals surface area (Å²) < 4.78 is 44.5. The van der Waals surface area contributed by atoms with Crippen LogP contribution in [0.1, 0.15) is 22.3 Å². The van der Waals surface area contributed by atoms with Crippen LogP contribution in [0.3, 0.4) is 0 Å². The van der Waals surface area contributed by atoms with Crippen molar-refractivity contribution < 1.29 is 22.7 Å². The third-order valence-electron chi connectivity index (χ3n) is 5.76. The first kappa shape index (κ1) is 20.3. The minimum absolute atomic E-state index is 0.00500. The van der Waals surface area contributed by atoms with E-state index in [2.05, 4.69) is 15.3 Å². The molecule has 0 aliphatic carbocycles. The lowest BCUT2D eigenvalue weighted by Crippen LogP contribution is -2.37. The lowest BCUT2D eigenvalue weighted by Gasteiger charge is -2.20. The number of amides is 1. The zero-order chi connectivity index (χ0) is 22.3. The van der Waals surface area contributed by atoms with Crippen LogP contribution in [-0.2, 0) is 6.18 Å². The molecule has 1 fully saturated rings. The van der Waals surface area contributed by atoms with Crippen LogP contribution >= 0.6 is 0 Å². The van der Waals surface area contributed by atoms with Crippen LogP contribution in [0.5, 0.6) is 5.75 Å². The van der Waals surface area contributed by atoms with E-state index in [-0.39, 0.29) is 18.0 Å². The van der Waals surface area contributed by atoms with Gasteiger partial charge in [-0.05, 0) is 47.9 Å². The Labute approximate surface area is 182 Å². The minimum atomic E-state index is -4.39. The summed E-state index contributed by atoms with van der Waals surface area (Å²) in [6.45, 7) is 0.848. The highest BCUT2D eigenvalue weighted by atomic mass is 19.4. The van der Waals surface area contributed by atoms with Gasteiger partial charge in [-0.25, -0.2) is 9.97 Å². The molecule has 0 radical (unpaired) electrons. The number of anilines is 1. The van der Waals surface area contributed by atoms with Gasteiger partial charge in [0.1, 0.15) is 12.4 Å². The fourth-order valence-electron chi connectivity index (χ4n) is 4.18. The fraction of sp³-hybridized carbons (Fsp3) is 0.261. The molecule has 2 aromatic carbocycles. The Kier molecular flexibility index (Phi) is 4.96. The molecule has 164 valence electrons. The van der Waals surface area contributed by atoms with Gasteiger partial charge in [-0.1, -0.05) is 18.2 Å². The van der Waals surface area contributed by atoms with E-state index in [1.807, 2.05) is 0 Å². The average Bonchev–Trinajstić information content (AvgIpc) is 3.14. The van der Waals surface area contributed by atoms with Crippen molar-refractivity contribution in [2.75, 3.05) is 18.5 Å². The maximum Gasteiger partial charge on any atom is 0.416 e. The van der Waals surface area contributed by atoms with Crippen molar-refractivity contribution in [3.8, 4) is 16.9 Å². The molecule has 1 saturated heterocycles. The number of carbonyl (C=O) groups excluding carboxylic acids is 1. The molecule has 3 aromatic rings. The van der Waals surface area contributed by atoms with E-state index in [0.717, 1.165) is 12.1 Å². The zero-order valence-corrected chi connectivity index (χ0v) is 16.8. The molecule has 2 aliphatic rings. The second-order valence-electron chi connectivity index (χ2n) is 7.86. The van der Waals surface area contributed by atoms with Crippen molar-refractivity contribution in [1.82, 2.24) is 14.9 Å². The average molecular weight is 440 g/mol. The Balaban J connectivity index is 1.38. The minimum Gasteiger partial charge on any atom is -0.491 e. The normalized spacial score (nSPS) is 20.2. The highest BCUT2D eigenvalue weighted by molar-refractivity contribution is 5.99. The first-order valence-corrected chi connectivity index (χ1v) is 10.2. The monoisotopic (exact) mass is 440 g/mol. The molecule has 0 spiro atoms. The number of fused-ring (bicyclic) bond motifs is 2. The Bertz CT molecular complexity index is 1140. The van der Waals surface area contributed by atoms with Crippen LogP contribution in [0.4, 0.5) is 19.1 Å². The van der Waals surface area contributed by atoms with Crippen LogP contribution in [0.25, 0.3) is 11.1 Å². The number of alkyl halides is 3. The van der Waals surface area contributed by atoms with Crippen molar-refractivity contribution in [3.05, 3.63) is 72.1 Å². The number of nitrogens with zero attached hydrogens (tertiary/aromatic N) is 3. The Morgan fingerprint density at radius 1 is 1.03 bits per heavy atom. The predicted octanol–water partition coefficient (Wildman–Crippen LogP) is 4.25. The lowest BCUT2D eigenvalue weighted by atomic mass is 10.0. The van der Waals surface area contributed by atoms with Crippen LogP contribution in [0.2, 0.25) is 0 Å². The first-order valence-electron chi connectivity index (χ1n) is 10.2. The number of aromatic nitrogens is 2. The summed E-state index contributed by atoms with van der Waals surface area (Å²) in [5.74, 6) is 0.832. The van der Waals surface area contributed by atoms with Gasteiger partial charge in [0, 0.05) is 25.0 Å². The number of hydrogen-bond acceptors (Lipinski definition) is 5. The third kappa shape index (κ3) is 3.86. The summed E-state index contributed by atoms with van der Waals surface area (Å²) in [4.78, 5) is 23.4. The molecule has 1 N–H and O–H groups in total. The van der Waals surface area contributed by atoms with Gasteiger partial charge in [-0.15, -0.1) is 0 Å². The molecule has 0 bridgehead atoms. The molecule has 2 aliphatic heterocycles. The Morgan fingerprint density at radius 2 is 1.75 bits per heavy atom. The van der Waals surface area contributed by atoms with Gasteiger partial charge in [0.2, 0.25) is 5.95 Å². The van der Waals surface area contributed by atoms with Gasteiger partial charge >= 0.3 is 6.18 Å². The number of benzene rings is 2. The lowest BCUT2D eigenvalue weighted by molar-refractivity contribution is -0.137. The number of halogens is 3. The summed E-state index contributed by atoms with van der Waals surface area (Å²) >= 11 is 0. The van der Waals surface area contributed by atoms with Crippen molar-refractivity contribution in [3.63, 3.8) is 0 Å². The molecule has 2 atom stereocenters. The van der Waals surface area contributed by atoms with Gasteiger partial charge in [-0.2, -0.15) is 13.2 Å². The van der Waals surface area contributed by atoms with Gasteiger partial charge in [0.25, 0.3) is 5.91 Å². The van der Waals surface area contributed by atoms with E-state index < -0.39 is 11.7 Å². The highest BCUT2D eigenvalue weighted by Crippen LogP contribution is 2.35. The van der Waals surface area contributed by atoms with Crippen LogP contribution in [0, 0.1) is 0 Å².